The highest BCUT2D eigenvalue weighted by molar-refractivity contribution is 6.30. The van der Waals surface area contributed by atoms with Crippen molar-refractivity contribution in [2.75, 3.05) is 0 Å². The Bertz CT molecular complexity index is 1010. The van der Waals surface area contributed by atoms with Gasteiger partial charge in [-0.1, -0.05) is 23.7 Å². The van der Waals surface area contributed by atoms with E-state index in [9.17, 15) is 4.39 Å². The number of rotatable bonds is 2. The molecule has 1 N–H and O–H groups in total. The minimum absolute atomic E-state index is 0.321. The number of H-pyrrole nitrogens is 1. The van der Waals surface area contributed by atoms with E-state index in [-0.39, 0.29) is 5.82 Å². The number of hydrogen-bond donors (Lipinski definition) is 1. The molecule has 2 heterocycles. The third kappa shape index (κ3) is 2.66. The summed E-state index contributed by atoms with van der Waals surface area (Å²) in [5.41, 5.74) is 3.58. The van der Waals surface area contributed by atoms with E-state index < -0.39 is 0 Å². The largest absolute Gasteiger partial charge is 0.337 e. The van der Waals surface area contributed by atoms with Crippen LogP contribution in [0.4, 0.5) is 4.39 Å². The van der Waals surface area contributed by atoms with Crippen molar-refractivity contribution in [2.45, 2.75) is 0 Å². The average molecular weight is 325 g/mol. The molecule has 23 heavy (non-hydrogen) atoms. The highest BCUT2D eigenvalue weighted by Gasteiger charge is 2.09. The summed E-state index contributed by atoms with van der Waals surface area (Å²) in [5.74, 6) is 0.245. The van der Waals surface area contributed by atoms with Gasteiger partial charge in [0.2, 0.25) is 0 Å². The third-order valence-corrected chi connectivity index (χ3v) is 3.71. The molecule has 4 nitrogen and oxygen atoms in total. The average Bonchev–Trinajstić information content (AvgIpc) is 2.98. The molecule has 0 saturated heterocycles. The second-order valence-electron chi connectivity index (χ2n) is 5.05. The molecular formula is C17H10ClFN4. The predicted molar refractivity (Wildman–Crippen MR) is 87.5 cm³/mol. The van der Waals surface area contributed by atoms with Crippen molar-refractivity contribution >= 4 is 22.6 Å². The van der Waals surface area contributed by atoms with Gasteiger partial charge in [0.15, 0.2) is 5.82 Å². The molecule has 0 atom stereocenters. The molecule has 0 radical (unpaired) electrons. The Labute approximate surface area is 136 Å². The zero-order valence-corrected chi connectivity index (χ0v) is 12.5. The number of benzene rings is 2. The molecule has 0 saturated carbocycles. The number of hydrogen-bond acceptors (Lipinski definition) is 3. The molecule has 0 aliphatic rings. The molecule has 0 amide bonds. The summed E-state index contributed by atoms with van der Waals surface area (Å²) < 4.78 is 13.3. The molecular weight excluding hydrogens is 315 g/mol. The molecule has 2 aromatic carbocycles. The van der Waals surface area contributed by atoms with Crippen LogP contribution in [-0.2, 0) is 0 Å². The Morgan fingerprint density at radius 3 is 2.70 bits per heavy atom. The van der Waals surface area contributed by atoms with Crippen molar-refractivity contribution in [3.8, 4) is 22.8 Å². The van der Waals surface area contributed by atoms with Crippen LogP contribution in [0.3, 0.4) is 0 Å². The van der Waals surface area contributed by atoms with Crippen LogP contribution in [0.25, 0.3) is 33.8 Å². The van der Waals surface area contributed by atoms with Gasteiger partial charge in [-0.3, -0.25) is 0 Å². The molecule has 4 aromatic rings. The zero-order chi connectivity index (χ0) is 15.8. The minimum atomic E-state index is -0.321. The minimum Gasteiger partial charge on any atom is -0.337 e. The SMILES string of the molecule is Fc1ccc2[nH]c(-c3cc(-c4cccc(Cl)c4)ncn3)nc2c1. The van der Waals surface area contributed by atoms with Crippen LogP contribution in [0.5, 0.6) is 0 Å². The van der Waals surface area contributed by atoms with E-state index in [2.05, 4.69) is 19.9 Å². The molecule has 2 aromatic heterocycles. The number of aromatic nitrogens is 4. The van der Waals surface area contributed by atoms with Gasteiger partial charge in [-0.2, -0.15) is 0 Å². The molecule has 0 aliphatic carbocycles. The maximum absolute atomic E-state index is 13.3. The fourth-order valence-corrected chi connectivity index (χ4v) is 2.58. The third-order valence-electron chi connectivity index (χ3n) is 3.48. The van der Waals surface area contributed by atoms with Crippen molar-refractivity contribution < 1.29 is 4.39 Å². The Morgan fingerprint density at radius 1 is 0.957 bits per heavy atom. The van der Waals surface area contributed by atoms with Crippen LogP contribution in [0, 0.1) is 5.82 Å². The van der Waals surface area contributed by atoms with Gasteiger partial charge in [0.05, 0.1) is 16.7 Å². The molecule has 0 fully saturated rings. The zero-order valence-electron chi connectivity index (χ0n) is 11.8. The Kier molecular flexibility index (Phi) is 3.28. The lowest BCUT2D eigenvalue weighted by Crippen LogP contribution is -1.90. The van der Waals surface area contributed by atoms with Gasteiger partial charge < -0.3 is 4.98 Å². The molecule has 0 bridgehead atoms. The smallest absolute Gasteiger partial charge is 0.157 e. The fourth-order valence-electron chi connectivity index (χ4n) is 2.39. The summed E-state index contributed by atoms with van der Waals surface area (Å²) >= 11 is 6.02. The van der Waals surface area contributed by atoms with Crippen LogP contribution >= 0.6 is 11.6 Å². The lowest BCUT2D eigenvalue weighted by Gasteiger charge is -2.02. The number of nitrogens with zero attached hydrogens (tertiary/aromatic N) is 3. The second kappa shape index (κ2) is 5.44. The Hall–Kier alpha value is -2.79. The van der Waals surface area contributed by atoms with E-state index in [1.807, 2.05) is 24.3 Å². The van der Waals surface area contributed by atoms with Gasteiger partial charge >= 0.3 is 0 Å². The normalized spacial score (nSPS) is 11.0. The fraction of sp³-hybridized carbons (Fsp3) is 0. The maximum atomic E-state index is 13.3. The first-order valence-electron chi connectivity index (χ1n) is 6.93. The van der Waals surface area contributed by atoms with E-state index in [1.54, 1.807) is 12.1 Å². The van der Waals surface area contributed by atoms with Crippen LogP contribution < -0.4 is 0 Å². The van der Waals surface area contributed by atoms with Crippen LogP contribution in [0.2, 0.25) is 5.02 Å². The van der Waals surface area contributed by atoms with Gasteiger partial charge in [-0.05, 0) is 30.3 Å². The molecule has 6 heteroatoms. The number of aromatic amines is 1. The van der Waals surface area contributed by atoms with Crippen molar-refractivity contribution in [1.82, 2.24) is 19.9 Å². The first kappa shape index (κ1) is 13.8. The number of nitrogens with one attached hydrogen (secondary N) is 1. The summed E-state index contributed by atoms with van der Waals surface area (Å²) in [7, 11) is 0. The van der Waals surface area contributed by atoms with E-state index in [4.69, 9.17) is 11.6 Å². The number of imidazole rings is 1. The van der Waals surface area contributed by atoms with E-state index in [0.29, 0.717) is 22.1 Å². The molecule has 0 unspecified atom stereocenters. The summed E-state index contributed by atoms with van der Waals surface area (Å²) in [6.07, 6.45) is 1.47. The Balaban J connectivity index is 1.80. The molecule has 4 rings (SSSR count). The number of halogens is 2. The van der Waals surface area contributed by atoms with Gasteiger partial charge in [0.1, 0.15) is 17.8 Å². The number of fused-ring (bicyclic) bond motifs is 1. The predicted octanol–water partition coefficient (Wildman–Crippen LogP) is 4.48. The van der Waals surface area contributed by atoms with E-state index >= 15 is 0 Å². The molecule has 0 spiro atoms. The van der Waals surface area contributed by atoms with Crippen LogP contribution in [0.15, 0.2) is 54.9 Å². The first-order valence-corrected chi connectivity index (χ1v) is 7.30. The summed E-state index contributed by atoms with van der Waals surface area (Å²) in [6.45, 7) is 0. The van der Waals surface area contributed by atoms with Crippen molar-refractivity contribution in [3.05, 3.63) is 65.7 Å². The van der Waals surface area contributed by atoms with Crippen LogP contribution in [-0.4, -0.2) is 19.9 Å². The second-order valence-corrected chi connectivity index (χ2v) is 5.48. The lowest BCUT2D eigenvalue weighted by molar-refractivity contribution is 0.629. The molecule has 0 aliphatic heterocycles. The highest BCUT2D eigenvalue weighted by Crippen LogP contribution is 2.25. The van der Waals surface area contributed by atoms with Crippen molar-refractivity contribution in [2.24, 2.45) is 0 Å². The van der Waals surface area contributed by atoms with E-state index in [0.717, 1.165) is 16.8 Å². The van der Waals surface area contributed by atoms with Gasteiger partial charge in [-0.25, -0.2) is 19.3 Å². The van der Waals surface area contributed by atoms with Crippen molar-refractivity contribution in [3.63, 3.8) is 0 Å². The topological polar surface area (TPSA) is 54.5 Å². The van der Waals surface area contributed by atoms with E-state index in [1.165, 1.54) is 18.5 Å². The Morgan fingerprint density at radius 2 is 1.83 bits per heavy atom. The van der Waals surface area contributed by atoms with Crippen LogP contribution in [0.1, 0.15) is 0 Å². The first-order chi connectivity index (χ1) is 11.2. The van der Waals surface area contributed by atoms with Crippen molar-refractivity contribution in [1.29, 1.82) is 0 Å². The van der Waals surface area contributed by atoms with Gasteiger partial charge in [0.25, 0.3) is 0 Å². The summed E-state index contributed by atoms with van der Waals surface area (Å²) in [6, 6.07) is 13.7. The standard InChI is InChI=1S/C17H10ClFN4/c18-11-3-1-2-10(6-11)14-8-16(21-9-20-14)17-22-13-5-4-12(19)7-15(13)23-17/h1-9H,(H,22,23). The van der Waals surface area contributed by atoms with Gasteiger partial charge in [-0.15, -0.1) is 0 Å². The van der Waals surface area contributed by atoms with Gasteiger partial charge in [0, 0.05) is 16.7 Å². The monoisotopic (exact) mass is 324 g/mol. The highest BCUT2D eigenvalue weighted by atomic mass is 35.5. The lowest BCUT2D eigenvalue weighted by atomic mass is 10.1. The quantitative estimate of drug-likeness (QED) is 0.591. The maximum Gasteiger partial charge on any atom is 0.157 e. The summed E-state index contributed by atoms with van der Waals surface area (Å²) in [5, 5.41) is 0.641. The molecule has 112 valence electrons. The summed E-state index contributed by atoms with van der Waals surface area (Å²) in [4.78, 5) is 16.0.